The molecular weight excluding hydrogens is 249 g/mol. The molecular formula is C13H26FN3O2. The summed E-state index contributed by atoms with van der Waals surface area (Å²) in [7, 11) is 0. The summed E-state index contributed by atoms with van der Waals surface area (Å²) < 4.78 is 18.4. The second-order valence-electron chi connectivity index (χ2n) is 5.93. The second-order valence-corrected chi connectivity index (χ2v) is 5.93. The second kappa shape index (κ2) is 7.05. The summed E-state index contributed by atoms with van der Waals surface area (Å²) in [6, 6.07) is 0. The van der Waals surface area contributed by atoms with Crippen LogP contribution in [0.3, 0.4) is 0 Å². The SMILES string of the molecule is CC(C)(C)OC(=O)N1CCN(CCC(F)CN)CC1. The predicted octanol–water partition coefficient (Wildman–Crippen LogP) is 1.23. The van der Waals surface area contributed by atoms with Crippen molar-refractivity contribution in [2.45, 2.75) is 39.0 Å². The third-order valence-corrected chi connectivity index (χ3v) is 3.04. The zero-order valence-electron chi connectivity index (χ0n) is 12.2. The first-order chi connectivity index (χ1) is 8.81. The lowest BCUT2D eigenvalue weighted by atomic mass is 10.2. The summed E-state index contributed by atoms with van der Waals surface area (Å²) in [4.78, 5) is 15.7. The molecule has 0 aromatic heterocycles. The number of hydrogen-bond donors (Lipinski definition) is 1. The van der Waals surface area contributed by atoms with Crippen molar-refractivity contribution in [1.82, 2.24) is 9.80 Å². The van der Waals surface area contributed by atoms with Gasteiger partial charge in [0.1, 0.15) is 11.8 Å². The van der Waals surface area contributed by atoms with Crippen molar-refractivity contribution in [3.8, 4) is 0 Å². The molecule has 19 heavy (non-hydrogen) atoms. The Hall–Kier alpha value is -0.880. The number of carbonyl (C=O) groups excluding carboxylic acids is 1. The lowest BCUT2D eigenvalue weighted by Gasteiger charge is -2.35. The van der Waals surface area contributed by atoms with Crippen molar-refractivity contribution in [1.29, 1.82) is 0 Å². The molecule has 1 heterocycles. The van der Waals surface area contributed by atoms with Gasteiger partial charge < -0.3 is 15.4 Å². The Kier molecular flexibility index (Phi) is 6.00. The van der Waals surface area contributed by atoms with Crippen LogP contribution in [-0.2, 0) is 4.74 Å². The number of amides is 1. The van der Waals surface area contributed by atoms with E-state index in [1.54, 1.807) is 4.90 Å². The maximum absolute atomic E-state index is 13.0. The number of nitrogens with two attached hydrogens (primary N) is 1. The molecule has 1 rings (SSSR count). The average Bonchev–Trinajstić information content (AvgIpc) is 2.34. The summed E-state index contributed by atoms with van der Waals surface area (Å²) in [5, 5.41) is 0. The van der Waals surface area contributed by atoms with Crippen LogP contribution in [0.15, 0.2) is 0 Å². The smallest absolute Gasteiger partial charge is 0.410 e. The van der Waals surface area contributed by atoms with Crippen LogP contribution in [0.5, 0.6) is 0 Å². The maximum atomic E-state index is 13.0. The zero-order valence-corrected chi connectivity index (χ0v) is 12.2. The van der Waals surface area contributed by atoms with E-state index in [0.717, 1.165) is 13.1 Å². The molecule has 0 saturated carbocycles. The predicted molar refractivity (Wildman–Crippen MR) is 72.8 cm³/mol. The molecule has 5 nitrogen and oxygen atoms in total. The molecule has 1 amide bonds. The fraction of sp³-hybridized carbons (Fsp3) is 0.923. The number of halogens is 1. The molecule has 1 aliphatic heterocycles. The highest BCUT2D eigenvalue weighted by atomic mass is 19.1. The highest BCUT2D eigenvalue weighted by Gasteiger charge is 2.25. The van der Waals surface area contributed by atoms with Crippen LogP contribution in [-0.4, -0.2) is 66.9 Å². The minimum Gasteiger partial charge on any atom is -0.444 e. The van der Waals surface area contributed by atoms with Crippen LogP contribution in [0.25, 0.3) is 0 Å². The van der Waals surface area contributed by atoms with Gasteiger partial charge in [0.05, 0.1) is 0 Å². The normalized spacial score (nSPS) is 19.3. The Balaban J connectivity index is 2.27. The van der Waals surface area contributed by atoms with Gasteiger partial charge in [0.15, 0.2) is 0 Å². The molecule has 0 radical (unpaired) electrons. The number of hydrogen-bond acceptors (Lipinski definition) is 4. The number of rotatable bonds is 4. The summed E-state index contributed by atoms with van der Waals surface area (Å²) in [5.74, 6) is 0. The minimum atomic E-state index is -0.927. The van der Waals surface area contributed by atoms with Gasteiger partial charge in [-0.25, -0.2) is 9.18 Å². The minimum absolute atomic E-state index is 0.0812. The van der Waals surface area contributed by atoms with Gasteiger partial charge in [-0.2, -0.15) is 0 Å². The van der Waals surface area contributed by atoms with Gasteiger partial charge in [-0.3, -0.25) is 4.90 Å². The Labute approximate surface area is 114 Å². The van der Waals surface area contributed by atoms with Gasteiger partial charge >= 0.3 is 6.09 Å². The van der Waals surface area contributed by atoms with Crippen LogP contribution in [0, 0.1) is 0 Å². The molecule has 1 saturated heterocycles. The van der Waals surface area contributed by atoms with Gasteiger partial charge in [-0.15, -0.1) is 0 Å². The summed E-state index contributed by atoms with van der Waals surface area (Å²) >= 11 is 0. The van der Waals surface area contributed by atoms with Gasteiger partial charge in [0.2, 0.25) is 0 Å². The first-order valence-electron chi connectivity index (χ1n) is 6.86. The molecule has 1 aliphatic rings. The van der Waals surface area contributed by atoms with E-state index in [9.17, 15) is 9.18 Å². The zero-order chi connectivity index (χ0) is 14.5. The first kappa shape index (κ1) is 16.2. The molecule has 2 N–H and O–H groups in total. The number of piperazine rings is 1. The lowest BCUT2D eigenvalue weighted by molar-refractivity contribution is 0.0140. The van der Waals surface area contributed by atoms with Crippen LogP contribution in [0.4, 0.5) is 9.18 Å². The Morgan fingerprint density at radius 3 is 2.37 bits per heavy atom. The fourth-order valence-electron chi connectivity index (χ4n) is 1.92. The molecule has 112 valence electrons. The van der Waals surface area contributed by atoms with Crippen molar-refractivity contribution < 1.29 is 13.9 Å². The van der Waals surface area contributed by atoms with Crippen molar-refractivity contribution >= 4 is 6.09 Å². The fourth-order valence-corrected chi connectivity index (χ4v) is 1.92. The number of alkyl halides is 1. The van der Waals surface area contributed by atoms with Crippen LogP contribution < -0.4 is 5.73 Å². The monoisotopic (exact) mass is 275 g/mol. The van der Waals surface area contributed by atoms with Gasteiger partial charge in [0, 0.05) is 39.3 Å². The Bertz CT molecular complexity index is 286. The molecule has 0 bridgehead atoms. The topological polar surface area (TPSA) is 58.8 Å². The molecule has 1 unspecified atom stereocenters. The van der Waals surface area contributed by atoms with E-state index in [2.05, 4.69) is 4.90 Å². The molecule has 0 aliphatic carbocycles. The number of ether oxygens (including phenoxy) is 1. The molecule has 0 aromatic carbocycles. The van der Waals surface area contributed by atoms with Crippen molar-refractivity contribution in [2.24, 2.45) is 5.73 Å². The third kappa shape index (κ3) is 6.20. The quantitative estimate of drug-likeness (QED) is 0.838. The standard InChI is InChI=1S/C13H26FN3O2/c1-13(2,3)19-12(18)17-8-6-16(7-9-17)5-4-11(14)10-15/h11H,4-10,15H2,1-3H3. The number of carbonyl (C=O) groups is 1. The van der Waals surface area contributed by atoms with E-state index in [-0.39, 0.29) is 12.6 Å². The van der Waals surface area contributed by atoms with Crippen LogP contribution in [0.2, 0.25) is 0 Å². The molecule has 1 atom stereocenters. The lowest BCUT2D eigenvalue weighted by Crippen LogP contribution is -2.50. The van der Waals surface area contributed by atoms with E-state index in [1.165, 1.54) is 0 Å². The van der Waals surface area contributed by atoms with Crippen molar-refractivity contribution in [2.75, 3.05) is 39.3 Å². The summed E-state index contributed by atoms with van der Waals surface area (Å²) in [5.41, 5.74) is 4.78. The third-order valence-electron chi connectivity index (χ3n) is 3.04. The summed E-state index contributed by atoms with van der Waals surface area (Å²) in [6.07, 6.45) is -0.732. The highest BCUT2D eigenvalue weighted by Crippen LogP contribution is 2.12. The Morgan fingerprint density at radius 1 is 1.32 bits per heavy atom. The van der Waals surface area contributed by atoms with E-state index in [4.69, 9.17) is 10.5 Å². The van der Waals surface area contributed by atoms with E-state index in [1.807, 2.05) is 20.8 Å². The molecule has 1 fully saturated rings. The van der Waals surface area contributed by atoms with E-state index >= 15 is 0 Å². The summed E-state index contributed by atoms with van der Waals surface area (Å²) in [6.45, 7) is 9.13. The molecule has 0 spiro atoms. The largest absolute Gasteiger partial charge is 0.444 e. The van der Waals surface area contributed by atoms with E-state index < -0.39 is 11.8 Å². The van der Waals surface area contributed by atoms with Crippen molar-refractivity contribution in [3.63, 3.8) is 0 Å². The Morgan fingerprint density at radius 2 is 1.89 bits per heavy atom. The number of nitrogens with zero attached hydrogens (tertiary/aromatic N) is 2. The maximum Gasteiger partial charge on any atom is 0.410 e. The van der Waals surface area contributed by atoms with Gasteiger partial charge in [0.25, 0.3) is 0 Å². The van der Waals surface area contributed by atoms with Crippen LogP contribution >= 0.6 is 0 Å². The van der Waals surface area contributed by atoms with Crippen molar-refractivity contribution in [3.05, 3.63) is 0 Å². The van der Waals surface area contributed by atoms with E-state index in [0.29, 0.717) is 26.1 Å². The average molecular weight is 275 g/mol. The van der Waals surface area contributed by atoms with Gasteiger partial charge in [-0.05, 0) is 27.2 Å². The van der Waals surface area contributed by atoms with Gasteiger partial charge in [-0.1, -0.05) is 0 Å². The first-order valence-corrected chi connectivity index (χ1v) is 6.86. The highest BCUT2D eigenvalue weighted by molar-refractivity contribution is 5.68. The molecule has 0 aromatic rings. The molecule has 6 heteroatoms. The van der Waals surface area contributed by atoms with Crippen LogP contribution in [0.1, 0.15) is 27.2 Å².